The van der Waals surface area contributed by atoms with E-state index in [0.717, 1.165) is 42.5 Å². The van der Waals surface area contributed by atoms with E-state index in [4.69, 9.17) is 0 Å². The number of benzene rings is 1. The van der Waals surface area contributed by atoms with Gasteiger partial charge in [0.15, 0.2) is 5.78 Å². The molecule has 1 aromatic carbocycles. The number of carbonyl (C=O) groups is 2. The number of Topliss-reactive ketones (excluding diaryl/α,β-unsaturated/α-hetero) is 1. The number of ketones is 1. The highest BCUT2D eigenvalue weighted by Crippen LogP contribution is 2.13. The fraction of sp³-hybridized carbons (Fsp3) is 0.467. The highest BCUT2D eigenvalue weighted by atomic mass is 79.9. The first-order chi connectivity index (χ1) is 9.65. The van der Waals surface area contributed by atoms with Crippen molar-refractivity contribution < 1.29 is 9.59 Å². The van der Waals surface area contributed by atoms with Crippen LogP contribution in [0.4, 0.5) is 0 Å². The molecule has 1 aliphatic heterocycles. The van der Waals surface area contributed by atoms with Crippen molar-refractivity contribution in [1.29, 1.82) is 0 Å². The second kappa shape index (κ2) is 7.55. The van der Waals surface area contributed by atoms with E-state index < -0.39 is 0 Å². The van der Waals surface area contributed by atoms with Crippen molar-refractivity contribution in [3.63, 3.8) is 0 Å². The molecule has 0 bridgehead atoms. The number of nitrogens with one attached hydrogen (secondary N) is 1. The molecule has 1 aromatic rings. The first kappa shape index (κ1) is 15.2. The van der Waals surface area contributed by atoms with E-state index in [1.54, 1.807) is 0 Å². The summed E-state index contributed by atoms with van der Waals surface area (Å²) in [6.45, 7) is 2.93. The summed E-state index contributed by atoms with van der Waals surface area (Å²) in [5.41, 5.74) is 0.752. The van der Waals surface area contributed by atoms with Crippen molar-refractivity contribution in [2.75, 3.05) is 26.2 Å². The summed E-state index contributed by atoms with van der Waals surface area (Å²) < 4.78 is 0.977. The van der Waals surface area contributed by atoms with Crippen LogP contribution in [0.3, 0.4) is 0 Å². The maximum atomic E-state index is 12.0. The smallest absolute Gasteiger partial charge is 0.234 e. The molecule has 1 aliphatic rings. The lowest BCUT2D eigenvalue weighted by Gasteiger charge is -2.17. The van der Waals surface area contributed by atoms with Gasteiger partial charge >= 0.3 is 0 Å². The molecule has 0 unspecified atom stereocenters. The number of hydrogen-bond acceptors (Lipinski definition) is 3. The van der Waals surface area contributed by atoms with E-state index >= 15 is 0 Å². The van der Waals surface area contributed by atoms with Gasteiger partial charge in [-0.2, -0.15) is 0 Å². The molecule has 5 heteroatoms. The number of amides is 1. The molecule has 0 radical (unpaired) electrons. The Balaban J connectivity index is 1.76. The van der Waals surface area contributed by atoms with Crippen LogP contribution in [0, 0.1) is 0 Å². The summed E-state index contributed by atoms with van der Waals surface area (Å²) in [5, 5.41) is 2.85. The minimum atomic E-state index is 0.0849. The topological polar surface area (TPSA) is 49.4 Å². The molecule has 0 aromatic heterocycles. The fourth-order valence-electron chi connectivity index (χ4n) is 2.30. The van der Waals surface area contributed by atoms with Gasteiger partial charge in [-0.3, -0.25) is 14.5 Å². The van der Waals surface area contributed by atoms with Crippen LogP contribution in [0.1, 0.15) is 29.6 Å². The highest BCUT2D eigenvalue weighted by molar-refractivity contribution is 9.10. The molecular formula is C15H19BrN2O2. The van der Waals surface area contributed by atoms with E-state index in [1.165, 1.54) is 0 Å². The predicted octanol–water partition coefficient (Wildman–Crippen LogP) is 2.23. The zero-order valence-corrected chi connectivity index (χ0v) is 13.0. The fourth-order valence-corrected chi connectivity index (χ4v) is 2.57. The number of carbonyl (C=O) groups excluding carboxylic acids is 2. The summed E-state index contributed by atoms with van der Waals surface area (Å²) in [6.07, 6.45) is 2.30. The highest BCUT2D eigenvalue weighted by Gasteiger charge is 2.14. The molecule has 0 saturated carbocycles. The van der Waals surface area contributed by atoms with E-state index in [-0.39, 0.29) is 11.7 Å². The Morgan fingerprint density at radius 2 is 2.05 bits per heavy atom. The average molecular weight is 339 g/mol. The van der Waals surface area contributed by atoms with Crippen molar-refractivity contribution >= 4 is 27.6 Å². The summed E-state index contributed by atoms with van der Waals surface area (Å²) >= 11 is 3.36. The van der Waals surface area contributed by atoms with Gasteiger partial charge in [0.2, 0.25) is 5.91 Å². The number of nitrogens with zero attached hydrogens (tertiary/aromatic N) is 1. The van der Waals surface area contributed by atoms with Crippen LogP contribution in [0.2, 0.25) is 0 Å². The summed E-state index contributed by atoms with van der Waals surface area (Å²) in [5.74, 6) is 0.249. The van der Waals surface area contributed by atoms with Crippen LogP contribution in [0.5, 0.6) is 0 Å². The van der Waals surface area contributed by atoms with Gasteiger partial charge in [-0.1, -0.05) is 28.1 Å². The third kappa shape index (κ3) is 4.72. The van der Waals surface area contributed by atoms with Crippen molar-refractivity contribution in [2.45, 2.75) is 19.3 Å². The van der Waals surface area contributed by atoms with Crippen molar-refractivity contribution in [2.24, 2.45) is 0 Å². The molecule has 0 spiro atoms. The monoisotopic (exact) mass is 338 g/mol. The van der Waals surface area contributed by atoms with Crippen LogP contribution in [0.25, 0.3) is 0 Å². The van der Waals surface area contributed by atoms with Gasteiger partial charge in [0.05, 0.1) is 6.54 Å². The molecule has 1 amide bonds. The second-order valence-electron chi connectivity index (χ2n) is 5.01. The molecule has 0 atom stereocenters. The third-order valence-electron chi connectivity index (χ3n) is 3.38. The van der Waals surface area contributed by atoms with Gasteiger partial charge in [0, 0.05) is 29.5 Å². The van der Waals surface area contributed by atoms with Crippen molar-refractivity contribution in [3.05, 3.63) is 34.3 Å². The lowest BCUT2D eigenvalue weighted by molar-refractivity contribution is -0.121. The van der Waals surface area contributed by atoms with Crippen molar-refractivity contribution in [1.82, 2.24) is 10.2 Å². The molecule has 1 N–H and O–H groups in total. The molecule has 1 fully saturated rings. The maximum absolute atomic E-state index is 12.0. The predicted molar refractivity (Wildman–Crippen MR) is 81.8 cm³/mol. The molecule has 108 valence electrons. The van der Waals surface area contributed by atoms with Gasteiger partial charge in [-0.15, -0.1) is 0 Å². The van der Waals surface area contributed by atoms with Gasteiger partial charge < -0.3 is 5.32 Å². The Kier molecular flexibility index (Phi) is 5.73. The lowest BCUT2D eigenvalue weighted by atomic mass is 10.1. The zero-order valence-electron chi connectivity index (χ0n) is 11.4. The van der Waals surface area contributed by atoms with E-state index in [2.05, 4.69) is 26.1 Å². The first-order valence-electron chi connectivity index (χ1n) is 6.93. The van der Waals surface area contributed by atoms with Crippen LogP contribution in [-0.2, 0) is 4.79 Å². The van der Waals surface area contributed by atoms with Crippen LogP contribution < -0.4 is 5.32 Å². The Labute approximate surface area is 127 Å². The molecule has 2 rings (SSSR count). The largest absolute Gasteiger partial charge is 0.355 e. The summed E-state index contributed by atoms with van der Waals surface area (Å²) in [4.78, 5) is 25.6. The molecule has 4 nitrogen and oxygen atoms in total. The SMILES string of the molecule is O=C1CN(CCCC(=O)c2ccc(Br)cc2)CCCN1. The first-order valence-corrected chi connectivity index (χ1v) is 7.72. The standard InChI is InChI=1S/C15H19BrN2O2/c16-13-6-4-12(5-7-13)14(19)3-1-9-18-10-2-8-17-15(20)11-18/h4-7H,1-3,8-11H2,(H,17,20). The van der Waals surface area contributed by atoms with E-state index in [1.807, 2.05) is 24.3 Å². The van der Waals surface area contributed by atoms with Crippen LogP contribution in [-0.4, -0.2) is 42.8 Å². The van der Waals surface area contributed by atoms with Crippen LogP contribution >= 0.6 is 15.9 Å². The molecule has 0 aliphatic carbocycles. The van der Waals surface area contributed by atoms with Gasteiger partial charge in [-0.25, -0.2) is 0 Å². The number of hydrogen-bond donors (Lipinski definition) is 1. The lowest BCUT2D eigenvalue weighted by Crippen LogP contribution is -2.33. The third-order valence-corrected chi connectivity index (χ3v) is 3.91. The molecule has 1 saturated heterocycles. The van der Waals surface area contributed by atoms with E-state index in [9.17, 15) is 9.59 Å². The van der Waals surface area contributed by atoms with Crippen LogP contribution in [0.15, 0.2) is 28.7 Å². The number of rotatable bonds is 5. The average Bonchev–Trinajstić information content (AvgIpc) is 2.64. The Morgan fingerprint density at radius 3 is 2.80 bits per heavy atom. The summed E-state index contributed by atoms with van der Waals surface area (Å²) in [6, 6.07) is 7.44. The summed E-state index contributed by atoms with van der Waals surface area (Å²) in [7, 11) is 0. The minimum Gasteiger partial charge on any atom is -0.355 e. The Morgan fingerprint density at radius 1 is 1.30 bits per heavy atom. The molecular weight excluding hydrogens is 320 g/mol. The second-order valence-corrected chi connectivity index (χ2v) is 5.93. The van der Waals surface area contributed by atoms with Gasteiger partial charge in [0.25, 0.3) is 0 Å². The zero-order chi connectivity index (χ0) is 14.4. The molecule has 1 heterocycles. The number of halogens is 1. The Bertz CT molecular complexity index is 473. The normalized spacial score (nSPS) is 16.6. The Hall–Kier alpha value is -1.20. The van der Waals surface area contributed by atoms with Crippen molar-refractivity contribution in [3.8, 4) is 0 Å². The van der Waals surface area contributed by atoms with Gasteiger partial charge in [-0.05, 0) is 31.5 Å². The minimum absolute atomic E-state index is 0.0849. The quantitative estimate of drug-likeness (QED) is 0.837. The molecule has 20 heavy (non-hydrogen) atoms. The van der Waals surface area contributed by atoms with Gasteiger partial charge in [0.1, 0.15) is 0 Å². The maximum Gasteiger partial charge on any atom is 0.234 e. The van der Waals surface area contributed by atoms with E-state index in [0.29, 0.717) is 13.0 Å².